The Bertz CT molecular complexity index is 1290. The van der Waals surface area contributed by atoms with Crippen LogP contribution in [0.25, 0.3) is 22.4 Å². The highest BCUT2D eigenvalue weighted by atomic mass is 19.1. The summed E-state index contributed by atoms with van der Waals surface area (Å²) >= 11 is 0. The lowest BCUT2D eigenvalue weighted by atomic mass is 10.1. The summed E-state index contributed by atoms with van der Waals surface area (Å²) in [5, 5.41) is 3.09. The fourth-order valence-electron chi connectivity index (χ4n) is 3.32. The van der Waals surface area contributed by atoms with Crippen molar-refractivity contribution in [2.24, 2.45) is 0 Å². The largest absolute Gasteiger partial charge is 0.463 e. The lowest BCUT2D eigenvalue weighted by molar-refractivity contribution is -0.124. The molecule has 6 nitrogen and oxygen atoms in total. The van der Waals surface area contributed by atoms with E-state index in [1.807, 2.05) is 0 Å². The molecule has 4 rings (SSSR count). The van der Waals surface area contributed by atoms with Crippen LogP contribution in [0.5, 0.6) is 0 Å². The van der Waals surface area contributed by atoms with Gasteiger partial charge in [-0.2, -0.15) is 0 Å². The quantitative estimate of drug-likeness (QED) is 0.439. The third-order valence-electron chi connectivity index (χ3n) is 4.85. The lowest BCUT2D eigenvalue weighted by Gasteiger charge is -2.15. The van der Waals surface area contributed by atoms with Crippen LogP contribution in [-0.4, -0.2) is 23.5 Å². The van der Waals surface area contributed by atoms with Crippen molar-refractivity contribution in [3.05, 3.63) is 89.7 Å². The van der Waals surface area contributed by atoms with E-state index in [0.29, 0.717) is 22.4 Å². The molecule has 0 aliphatic heterocycles. The summed E-state index contributed by atoms with van der Waals surface area (Å²) < 4.78 is 37.5. The molecule has 0 fully saturated rings. The molecule has 1 N–H and O–H groups in total. The van der Waals surface area contributed by atoms with Gasteiger partial charge in [-0.15, -0.1) is 0 Å². The highest BCUT2D eigenvalue weighted by Gasteiger charge is 2.19. The number of carbonyl (C=O) groups is 2. The number of rotatable bonds is 6. The molecule has 0 spiro atoms. The standard InChI is InChI=1S/C24H18F2N2O4/c1-14(16-9-8-15(25)11-19(16)26)27-23(29)13-32-24(30)18-12-21(22-7-4-10-31-22)28-20-6-3-2-5-17(18)20/h2-12,14H,13H2,1H3,(H,27,29)/t14-/m0/s1. The molecule has 0 aliphatic rings. The van der Waals surface area contributed by atoms with E-state index in [1.165, 1.54) is 18.4 Å². The lowest BCUT2D eigenvalue weighted by Crippen LogP contribution is -2.31. The van der Waals surface area contributed by atoms with Crippen molar-refractivity contribution in [1.29, 1.82) is 0 Å². The monoisotopic (exact) mass is 436 g/mol. The Morgan fingerprint density at radius 1 is 1.09 bits per heavy atom. The molecule has 2 aromatic heterocycles. The second-order valence-electron chi connectivity index (χ2n) is 7.08. The van der Waals surface area contributed by atoms with E-state index in [-0.39, 0.29) is 11.1 Å². The molecular formula is C24H18F2N2O4. The number of fused-ring (bicyclic) bond motifs is 1. The summed E-state index contributed by atoms with van der Waals surface area (Å²) in [6.07, 6.45) is 1.50. The number of esters is 1. The maximum absolute atomic E-state index is 13.9. The average molecular weight is 436 g/mol. The Kier molecular flexibility index (Phi) is 5.93. The zero-order chi connectivity index (χ0) is 22.7. The number of benzene rings is 2. The Hall–Kier alpha value is -4.07. The predicted octanol–water partition coefficient (Wildman–Crippen LogP) is 4.81. The predicted molar refractivity (Wildman–Crippen MR) is 113 cm³/mol. The summed E-state index contributed by atoms with van der Waals surface area (Å²) in [6.45, 7) is 0.973. The molecule has 162 valence electrons. The van der Waals surface area contributed by atoms with Gasteiger partial charge in [-0.1, -0.05) is 24.3 Å². The van der Waals surface area contributed by atoms with E-state index in [4.69, 9.17) is 9.15 Å². The number of halogens is 2. The third kappa shape index (κ3) is 4.49. The molecule has 0 radical (unpaired) electrons. The molecule has 4 aromatic rings. The van der Waals surface area contributed by atoms with E-state index < -0.39 is 36.2 Å². The first kappa shape index (κ1) is 21.2. The van der Waals surface area contributed by atoms with Crippen LogP contribution in [0.2, 0.25) is 0 Å². The van der Waals surface area contributed by atoms with Crippen LogP contribution in [0.3, 0.4) is 0 Å². The smallest absolute Gasteiger partial charge is 0.339 e. The summed E-state index contributed by atoms with van der Waals surface area (Å²) in [6, 6.07) is 14.4. The van der Waals surface area contributed by atoms with Crippen LogP contribution in [0, 0.1) is 11.6 Å². The van der Waals surface area contributed by atoms with Crippen molar-refractivity contribution in [2.75, 3.05) is 6.61 Å². The fraction of sp³-hybridized carbons (Fsp3) is 0.125. The van der Waals surface area contributed by atoms with Gasteiger partial charge in [-0.05, 0) is 37.3 Å². The number of pyridine rings is 1. The molecule has 0 bridgehead atoms. The summed E-state index contributed by atoms with van der Waals surface area (Å²) in [5.41, 5.74) is 1.37. The highest BCUT2D eigenvalue weighted by Crippen LogP contribution is 2.25. The van der Waals surface area contributed by atoms with Crippen LogP contribution in [0.15, 0.2) is 71.3 Å². The highest BCUT2D eigenvalue weighted by molar-refractivity contribution is 6.05. The number of amides is 1. The second-order valence-corrected chi connectivity index (χ2v) is 7.08. The van der Waals surface area contributed by atoms with E-state index >= 15 is 0 Å². The first-order chi connectivity index (χ1) is 15.4. The molecule has 0 saturated carbocycles. The van der Waals surface area contributed by atoms with E-state index in [9.17, 15) is 18.4 Å². The van der Waals surface area contributed by atoms with Gasteiger partial charge in [0.15, 0.2) is 12.4 Å². The van der Waals surface area contributed by atoms with Crippen molar-refractivity contribution >= 4 is 22.8 Å². The molecule has 32 heavy (non-hydrogen) atoms. The maximum atomic E-state index is 13.9. The van der Waals surface area contributed by atoms with E-state index in [1.54, 1.807) is 43.3 Å². The number of hydrogen-bond acceptors (Lipinski definition) is 5. The van der Waals surface area contributed by atoms with Crippen molar-refractivity contribution < 1.29 is 27.5 Å². The van der Waals surface area contributed by atoms with E-state index in [2.05, 4.69) is 10.3 Å². The average Bonchev–Trinajstić information content (AvgIpc) is 3.31. The number of furan rings is 1. The molecule has 1 amide bonds. The Labute approximate surface area is 181 Å². The minimum absolute atomic E-state index is 0.120. The zero-order valence-electron chi connectivity index (χ0n) is 17.0. The Morgan fingerprint density at radius 3 is 2.66 bits per heavy atom. The number of para-hydroxylation sites is 1. The van der Waals surface area contributed by atoms with Gasteiger partial charge in [0.25, 0.3) is 5.91 Å². The molecule has 0 saturated heterocycles. The second kappa shape index (κ2) is 8.97. The number of aromatic nitrogens is 1. The van der Waals surface area contributed by atoms with Crippen LogP contribution in [0.4, 0.5) is 8.78 Å². The first-order valence-corrected chi connectivity index (χ1v) is 9.77. The molecule has 8 heteroatoms. The summed E-state index contributed by atoms with van der Waals surface area (Å²) in [5.74, 6) is -2.34. The van der Waals surface area contributed by atoms with Gasteiger partial charge in [0.05, 0.1) is 23.4 Å². The number of ether oxygens (including phenoxy) is 1. The van der Waals surface area contributed by atoms with Crippen LogP contribution in [-0.2, 0) is 9.53 Å². The molecule has 2 aromatic carbocycles. The van der Waals surface area contributed by atoms with Gasteiger partial charge in [-0.25, -0.2) is 18.6 Å². The molecular weight excluding hydrogens is 418 g/mol. The fourth-order valence-corrected chi connectivity index (χ4v) is 3.32. The van der Waals surface area contributed by atoms with Crippen molar-refractivity contribution in [3.8, 4) is 11.5 Å². The van der Waals surface area contributed by atoms with Gasteiger partial charge >= 0.3 is 5.97 Å². The van der Waals surface area contributed by atoms with Gasteiger partial charge in [0.1, 0.15) is 17.3 Å². The summed E-state index contributed by atoms with van der Waals surface area (Å²) in [7, 11) is 0. The molecule has 2 heterocycles. The topological polar surface area (TPSA) is 81.4 Å². The van der Waals surface area contributed by atoms with Crippen LogP contribution < -0.4 is 5.32 Å². The zero-order valence-corrected chi connectivity index (χ0v) is 17.0. The number of hydrogen-bond donors (Lipinski definition) is 1. The third-order valence-corrected chi connectivity index (χ3v) is 4.85. The molecule has 0 unspecified atom stereocenters. The van der Waals surface area contributed by atoms with Gasteiger partial charge in [0.2, 0.25) is 0 Å². The normalized spacial score (nSPS) is 11.8. The van der Waals surface area contributed by atoms with Crippen molar-refractivity contribution in [2.45, 2.75) is 13.0 Å². The SMILES string of the molecule is C[C@H](NC(=O)COC(=O)c1cc(-c2ccco2)nc2ccccc12)c1ccc(F)cc1F. The maximum Gasteiger partial charge on any atom is 0.339 e. The minimum Gasteiger partial charge on any atom is -0.463 e. The van der Waals surface area contributed by atoms with Gasteiger partial charge in [0, 0.05) is 17.0 Å². The van der Waals surface area contributed by atoms with Crippen molar-refractivity contribution in [1.82, 2.24) is 10.3 Å². The summed E-state index contributed by atoms with van der Waals surface area (Å²) in [4.78, 5) is 29.5. The number of nitrogens with one attached hydrogen (secondary N) is 1. The van der Waals surface area contributed by atoms with Gasteiger partial charge < -0.3 is 14.5 Å². The van der Waals surface area contributed by atoms with Crippen LogP contribution >= 0.6 is 0 Å². The minimum atomic E-state index is -0.775. The van der Waals surface area contributed by atoms with E-state index in [0.717, 1.165) is 12.1 Å². The number of carbonyl (C=O) groups excluding carboxylic acids is 2. The van der Waals surface area contributed by atoms with Crippen LogP contribution in [0.1, 0.15) is 28.9 Å². The Balaban J connectivity index is 1.48. The number of nitrogens with zero attached hydrogens (tertiary/aromatic N) is 1. The molecule has 1 atom stereocenters. The first-order valence-electron chi connectivity index (χ1n) is 9.77. The molecule has 0 aliphatic carbocycles. The van der Waals surface area contributed by atoms with Crippen molar-refractivity contribution in [3.63, 3.8) is 0 Å². The Morgan fingerprint density at radius 2 is 1.91 bits per heavy atom. The van der Waals surface area contributed by atoms with Gasteiger partial charge in [-0.3, -0.25) is 4.79 Å².